The molecular formula is C19H15BrN2O4. The van der Waals surface area contributed by atoms with Gasteiger partial charge in [0.25, 0.3) is 11.7 Å². The van der Waals surface area contributed by atoms with E-state index in [4.69, 9.17) is 0 Å². The van der Waals surface area contributed by atoms with E-state index in [2.05, 4.69) is 26.2 Å². The molecule has 0 spiro atoms. The van der Waals surface area contributed by atoms with Crippen molar-refractivity contribution in [3.63, 3.8) is 0 Å². The Morgan fingerprint density at radius 1 is 1.12 bits per heavy atom. The molecule has 0 aliphatic heterocycles. The summed E-state index contributed by atoms with van der Waals surface area (Å²) < 4.78 is 0.770. The molecule has 132 valence electrons. The molecule has 3 aromatic rings. The Hall–Kier alpha value is -2.93. The lowest BCUT2D eigenvalue weighted by Gasteiger charge is -2.14. The molecule has 1 amide bonds. The molecule has 0 aliphatic rings. The SMILES string of the molecule is O=C(N[C@H](Cc1ccccc1)C(=O)O)C(=O)c1c[nH]c2ccc(Br)cc12. The number of H-pyrrole nitrogens is 1. The number of carbonyl (C=O) groups excluding carboxylic acids is 2. The van der Waals surface area contributed by atoms with Crippen LogP contribution in [-0.4, -0.2) is 33.8 Å². The number of benzene rings is 2. The molecule has 26 heavy (non-hydrogen) atoms. The molecule has 0 bridgehead atoms. The summed E-state index contributed by atoms with van der Waals surface area (Å²) in [6.07, 6.45) is 1.54. The predicted molar refractivity (Wildman–Crippen MR) is 100 cm³/mol. The van der Waals surface area contributed by atoms with E-state index in [0.29, 0.717) is 10.9 Å². The number of amides is 1. The lowest BCUT2D eigenvalue weighted by Crippen LogP contribution is -2.45. The summed E-state index contributed by atoms with van der Waals surface area (Å²) in [6.45, 7) is 0. The second-order valence-electron chi connectivity index (χ2n) is 5.78. The number of Topliss-reactive ketones (excluding diaryl/α,β-unsaturated/α-hetero) is 1. The maximum absolute atomic E-state index is 12.5. The first kappa shape index (κ1) is 17.9. The van der Waals surface area contributed by atoms with Crippen LogP contribution < -0.4 is 5.32 Å². The fourth-order valence-electron chi connectivity index (χ4n) is 2.68. The van der Waals surface area contributed by atoms with Gasteiger partial charge in [0, 0.05) is 28.0 Å². The summed E-state index contributed by atoms with van der Waals surface area (Å²) in [6, 6.07) is 13.0. The number of aromatic amines is 1. The van der Waals surface area contributed by atoms with Gasteiger partial charge in [-0.15, -0.1) is 0 Å². The monoisotopic (exact) mass is 414 g/mol. The average Bonchev–Trinajstić information content (AvgIpc) is 3.04. The summed E-state index contributed by atoms with van der Waals surface area (Å²) in [4.78, 5) is 39.2. The van der Waals surface area contributed by atoms with Gasteiger partial charge in [0.1, 0.15) is 6.04 Å². The lowest BCUT2D eigenvalue weighted by atomic mass is 10.0. The van der Waals surface area contributed by atoms with Crippen LogP contribution in [0.3, 0.4) is 0 Å². The highest BCUT2D eigenvalue weighted by Crippen LogP contribution is 2.23. The van der Waals surface area contributed by atoms with Crippen LogP contribution in [0.5, 0.6) is 0 Å². The van der Waals surface area contributed by atoms with Crippen LogP contribution in [0.25, 0.3) is 10.9 Å². The Morgan fingerprint density at radius 2 is 1.85 bits per heavy atom. The van der Waals surface area contributed by atoms with E-state index in [1.54, 1.807) is 36.4 Å². The second-order valence-corrected chi connectivity index (χ2v) is 6.69. The van der Waals surface area contributed by atoms with E-state index in [-0.39, 0.29) is 12.0 Å². The third-order valence-corrected chi connectivity index (χ3v) is 4.47. The Bertz CT molecular complexity index is 982. The number of hydrogen-bond acceptors (Lipinski definition) is 3. The third-order valence-electron chi connectivity index (χ3n) is 3.98. The lowest BCUT2D eigenvalue weighted by molar-refractivity contribution is -0.141. The van der Waals surface area contributed by atoms with Crippen molar-refractivity contribution in [3.05, 3.63) is 70.3 Å². The van der Waals surface area contributed by atoms with Gasteiger partial charge in [0.2, 0.25) is 0 Å². The molecule has 3 N–H and O–H groups in total. The van der Waals surface area contributed by atoms with Crippen LogP contribution in [0, 0.1) is 0 Å². The van der Waals surface area contributed by atoms with Crippen molar-refractivity contribution < 1.29 is 19.5 Å². The highest BCUT2D eigenvalue weighted by atomic mass is 79.9. The minimum Gasteiger partial charge on any atom is -0.480 e. The maximum atomic E-state index is 12.5. The van der Waals surface area contributed by atoms with Gasteiger partial charge in [0.05, 0.1) is 5.56 Å². The number of carboxylic acid groups (broad SMARTS) is 1. The quantitative estimate of drug-likeness (QED) is 0.426. The molecular weight excluding hydrogens is 400 g/mol. The van der Waals surface area contributed by atoms with Crippen molar-refractivity contribution in [2.45, 2.75) is 12.5 Å². The molecule has 0 saturated heterocycles. The molecule has 7 heteroatoms. The van der Waals surface area contributed by atoms with E-state index in [1.165, 1.54) is 6.20 Å². The van der Waals surface area contributed by atoms with E-state index in [1.807, 2.05) is 12.1 Å². The predicted octanol–water partition coefficient (Wildman–Crippen LogP) is 2.93. The van der Waals surface area contributed by atoms with Crippen molar-refractivity contribution in [3.8, 4) is 0 Å². The normalized spacial score (nSPS) is 11.9. The van der Waals surface area contributed by atoms with Gasteiger partial charge >= 0.3 is 5.97 Å². The number of fused-ring (bicyclic) bond motifs is 1. The fraction of sp³-hybridized carbons (Fsp3) is 0.105. The third kappa shape index (κ3) is 3.83. The highest BCUT2D eigenvalue weighted by Gasteiger charge is 2.26. The molecule has 0 radical (unpaired) electrons. The van der Waals surface area contributed by atoms with Crippen molar-refractivity contribution in [1.29, 1.82) is 0 Å². The minimum absolute atomic E-state index is 0.0919. The maximum Gasteiger partial charge on any atom is 0.326 e. The van der Waals surface area contributed by atoms with Crippen molar-refractivity contribution in [1.82, 2.24) is 10.3 Å². The molecule has 0 unspecified atom stereocenters. The van der Waals surface area contributed by atoms with Gasteiger partial charge in [-0.2, -0.15) is 0 Å². The van der Waals surface area contributed by atoms with E-state index >= 15 is 0 Å². The highest BCUT2D eigenvalue weighted by molar-refractivity contribution is 9.10. The number of carboxylic acids is 1. The van der Waals surface area contributed by atoms with Crippen LogP contribution in [0.15, 0.2) is 59.2 Å². The van der Waals surface area contributed by atoms with E-state index in [0.717, 1.165) is 10.0 Å². The van der Waals surface area contributed by atoms with Gasteiger partial charge in [-0.3, -0.25) is 9.59 Å². The zero-order valence-electron chi connectivity index (χ0n) is 13.5. The number of halogens is 1. The summed E-state index contributed by atoms with van der Waals surface area (Å²) in [7, 11) is 0. The van der Waals surface area contributed by atoms with Crippen LogP contribution >= 0.6 is 15.9 Å². The van der Waals surface area contributed by atoms with E-state index in [9.17, 15) is 19.5 Å². The average molecular weight is 415 g/mol. The summed E-state index contributed by atoms with van der Waals surface area (Å²) in [5.74, 6) is -2.93. The topological polar surface area (TPSA) is 99.3 Å². The first-order valence-corrected chi connectivity index (χ1v) is 8.63. The molecule has 0 fully saturated rings. The van der Waals surface area contributed by atoms with Crippen LogP contribution in [0.1, 0.15) is 15.9 Å². The number of ketones is 1. The first-order valence-electron chi connectivity index (χ1n) is 7.84. The summed E-state index contributed by atoms with van der Waals surface area (Å²) in [5, 5.41) is 12.3. The molecule has 1 heterocycles. The van der Waals surface area contributed by atoms with Crippen LogP contribution in [0.4, 0.5) is 0 Å². The van der Waals surface area contributed by atoms with Crippen molar-refractivity contribution >= 4 is 44.5 Å². The second kappa shape index (κ2) is 7.53. The minimum atomic E-state index is -1.20. The van der Waals surface area contributed by atoms with Gasteiger partial charge in [-0.25, -0.2) is 4.79 Å². The largest absolute Gasteiger partial charge is 0.480 e. The molecule has 6 nitrogen and oxygen atoms in total. The van der Waals surface area contributed by atoms with Gasteiger partial charge in [0.15, 0.2) is 0 Å². The molecule has 0 saturated carbocycles. The van der Waals surface area contributed by atoms with Crippen molar-refractivity contribution in [2.24, 2.45) is 0 Å². The number of aromatic nitrogens is 1. The molecule has 2 aromatic carbocycles. The molecule has 1 aromatic heterocycles. The number of rotatable bonds is 6. The smallest absolute Gasteiger partial charge is 0.326 e. The number of nitrogens with one attached hydrogen (secondary N) is 2. The van der Waals surface area contributed by atoms with Crippen LogP contribution in [-0.2, 0) is 16.0 Å². The Balaban J connectivity index is 1.79. The van der Waals surface area contributed by atoms with Gasteiger partial charge < -0.3 is 15.4 Å². The summed E-state index contributed by atoms with van der Waals surface area (Å²) in [5.41, 5.74) is 1.66. The Labute approximate surface area is 157 Å². The Morgan fingerprint density at radius 3 is 2.54 bits per heavy atom. The molecule has 1 atom stereocenters. The standard InChI is InChI=1S/C19H15BrN2O4/c20-12-6-7-15-13(9-12)14(10-21-15)17(23)18(24)22-16(19(25)26)8-11-4-2-1-3-5-11/h1-7,9-10,16,21H,8H2,(H,22,24)(H,25,26)/t16-/m1/s1. The van der Waals surface area contributed by atoms with Crippen molar-refractivity contribution in [2.75, 3.05) is 0 Å². The number of aliphatic carboxylic acids is 1. The van der Waals surface area contributed by atoms with Crippen LogP contribution in [0.2, 0.25) is 0 Å². The molecule has 3 rings (SSSR count). The Kier molecular flexibility index (Phi) is 5.18. The zero-order chi connectivity index (χ0) is 18.7. The van der Waals surface area contributed by atoms with Gasteiger partial charge in [-0.1, -0.05) is 46.3 Å². The first-order chi connectivity index (χ1) is 12.5. The number of hydrogen-bond donors (Lipinski definition) is 3. The van der Waals surface area contributed by atoms with E-state index < -0.39 is 23.7 Å². The fourth-order valence-corrected chi connectivity index (χ4v) is 3.04. The summed E-state index contributed by atoms with van der Waals surface area (Å²) >= 11 is 3.33. The number of carbonyl (C=O) groups is 3. The zero-order valence-corrected chi connectivity index (χ0v) is 15.1. The van der Waals surface area contributed by atoms with Gasteiger partial charge in [-0.05, 0) is 23.8 Å². The molecule has 0 aliphatic carbocycles.